The number of halogens is 1. The van der Waals surface area contributed by atoms with Gasteiger partial charge in [-0.05, 0) is 50.1 Å². The Morgan fingerprint density at radius 1 is 1.29 bits per heavy atom. The predicted octanol–water partition coefficient (Wildman–Crippen LogP) is 2.73. The van der Waals surface area contributed by atoms with E-state index in [9.17, 15) is 9.59 Å². The van der Waals surface area contributed by atoms with E-state index in [4.69, 9.17) is 10.8 Å². The second kappa shape index (κ2) is 8.09. The van der Waals surface area contributed by atoms with Crippen LogP contribution in [0.3, 0.4) is 0 Å². The number of hydrogen-bond donors (Lipinski definition) is 3. The van der Waals surface area contributed by atoms with Crippen molar-refractivity contribution in [2.75, 3.05) is 6.54 Å². The van der Waals surface area contributed by atoms with Crippen molar-refractivity contribution in [2.24, 2.45) is 11.7 Å². The summed E-state index contributed by atoms with van der Waals surface area (Å²) in [5, 5.41) is 9.37. The molecule has 0 spiro atoms. The monoisotopic (exact) mass is 371 g/mol. The molecule has 0 unspecified atom stereocenters. The van der Waals surface area contributed by atoms with Gasteiger partial charge in [-0.3, -0.25) is 4.79 Å². The molecule has 1 saturated carbocycles. The zero-order valence-electron chi connectivity index (χ0n) is 13.3. The summed E-state index contributed by atoms with van der Waals surface area (Å²) in [6, 6.07) is 0. The molecular weight excluding hydrogens is 350 g/mol. The molecular formula is C16H22ClN3O3S. The van der Waals surface area contributed by atoms with Gasteiger partial charge in [0.05, 0.1) is 5.39 Å². The Morgan fingerprint density at radius 2 is 2.00 bits per heavy atom. The Labute approximate surface area is 149 Å². The van der Waals surface area contributed by atoms with Crippen molar-refractivity contribution in [3.05, 3.63) is 26.6 Å². The third-order valence-corrected chi connectivity index (χ3v) is 5.77. The van der Waals surface area contributed by atoms with Gasteiger partial charge < -0.3 is 15.8 Å². The summed E-state index contributed by atoms with van der Waals surface area (Å²) in [4.78, 5) is 30.5. The van der Waals surface area contributed by atoms with Crippen molar-refractivity contribution >= 4 is 39.9 Å². The van der Waals surface area contributed by atoms with Crippen LogP contribution in [0.15, 0.2) is 4.79 Å². The molecule has 132 valence electrons. The van der Waals surface area contributed by atoms with Crippen LogP contribution in [0, 0.1) is 5.92 Å². The normalized spacial score (nSPS) is 16.4. The number of nitrogens with two attached hydrogens (primary N) is 1. The number of carboxylic acid groups (broad SMARTS) is 1. The average Bonchev–Trinajstić information content (AvgIpc) is 3.23. The van der Waals surface area contributed by atoms with Crippen LogP contribution in [0.4, 0.5) is 0 Å². The number of aromatic amines is 1. The molecule has 8 heteroatoms. The summed E-state index contributed by atoms with van der Waals surface area (Å²) in [5.41, 5.74) is 6.16. The number of aryl methyl sites for hydroxylation is 2. The summed E-state index contributed by atoms with van der Waals surface area (Å²) >= 11 is 1.44. The molecule has 2 heterocycles. The van der Waals surface area contributed by atoms with Gasteiger partial charge in [-0.25, -0.2) is 9.78 Å². The number of fused-ring (bicyclic) bond motifs is 3. The van der Waals surface area contributed by atoms with Crippen molar-refractivity contribution in [3.8, 4) is 0 Å². The minimum atomic E-state index is -1.20. The summed E-state index contributed by atoms with van der Waals surface area (Å²) in [5.74, 6) is -0.606. The van der Waals surface area contributed by atoms with Crippen molar-refractivity contribution in [2.45, 2.75) is 44.9 Å². The number of aromatic nitrogens is 2. The Balaban J connectivity index is 0.000000222. The van der Waals surface area contributed by atoms with Crippen LogP contribution in [-0.4, -0.2) is 27.6 Å². The lowest BCUT2D eigenvalue weighted by atomic mass is 10.1. The topological polar surface area (TPSA) is 109 Å². The molecule has 0 saturated heterocycles. The minimum absolute atomic E-state index is 0. The number of carbonyl (C=O) groups is 1. The smallest absolute Gasteiger partial charge is 0.372 e. The zero-order chi connectivity index (χ0) is 16.4. The Bertz CT molecular complexity index is 781. The van der Waals surface area contributed by atoms with Crippen LogP contribution >= 0.6 is 23.7 Å². The number of carboxylic acids is 1. The van der Waals surface area contributed by atoms with E-state index in [1.807, 2.05) is 0 Å². The molecule has 4 rings (SSSR count). The lowest BCUT2D eigenvalue weighted by Gasteiger charge is -1.99. The van der Waals surface area contributed by atoms with Gasteiger partial charge >= 0.3 is 5.97 Å². The predicted molar refractivity (Wildman–Crippen MR) is 97.5 cm³/mol. The number of hydrogen-bond acceptors (Lipinski definition) is 5. The second-order valence-electron chi connectivity index (χ2n) is 6.14. The highest BCUT2D eigenvalue weighted by molar-refractivity contribution is 7.18. The molecule has 24 heavy (non-hydrogen) atoms. The van der Waals surface area contributed by atoms with E-state index >= 15 is 0 Å². The summed E-state index contributed by atoms with van der Waals surface area (Å²) in [7, 11) is 0. The molecule has 0 aromatic carbocycles. The zero-order valence-corrected chi connectivity index (χ0v) is 15.0. The first-order valence-electron chi connectivity index (χ1n) is 8.08. The highest BCUT2D eigenvalue weighted by atomic mass is 35.5. The lowest BCUT2D eigenvalue weighted by Crippen LogP contribution is -2.15. The van der Waals surface area contributed by atoms with Crippen LogP contribution in [0.1, 0.15) is 53.2 Å². The first-order chi connectivity index (χ1) is 11.1. The SMILES string of the molecule is Cl.NCC1CCCC1.O=C(O)c1nc2sc3c(c2c(=O)[nH]1)CCC3. The molecule has 0 aliphatic heterocycles. The molecule has 2 aromatic rings. The second-order valence-corrected chi connectivity index (χ2v) is 7.23. The van der Waals surface area contributed by atoms with Gasteiger partial charge in [0, 0.05) is 4.88 Å². The first kappa shape index (κ1) is 18.9. The van der Waals surface area contributed by atoms with Gasteiger partial charge in [0.2, 0.25) is 5.82 Å². The number of rotatable bonds is 2. The van der Waals surface area contributed by atoms with Crippen molar-refractivity contribution in [1.82, 2.24) is 9.97 Å². The molecule has 0 atom stereocenters. The summed E-state index contributed by atoms with van der Waals surface area (Å²) in [6.07, 6.45) is 8.54. The highest BCUT2D eigenvalue weighted by Gasteiger charge is 2.22. The van der Waals surface area contributed by atoms with E-state index in [1.165, 1.54) is 41.9 Å². The quantitative estimate of drug-likeness (QED) is 0.751. The van der Waals surface area contributed by atoms with E-state index in [0.29, 0.717) is 10.2 Å². The van der Waals surface area contributed by atoms with Gasteiger partial charge in [-0.15, -0.1) is 23.7 Å². The maximum atomic E-state index is 11.8. The Morgan fingerprint density at radius 3 is 2.58 bits per heavy atom. The molecule has 2 aromatic heterocycles. The molecule has 0 radical (unpaired) electrons. The number of thiophene rings is 1. The van der Waals surface area contributed by atoms with E-state index in [2.05, 4.69) is 9.97 Å². The number of nitrogens with one attached hydrogen (secondary N) is 1. The van der Waals surface area contributed by atoms with Crippen LogP contribution in [0.2, 0.25) is 0 Å². The molecule has 2 aliphatic rings. The third-order valence-electron chi connectivity index (χ3n) is 4.59. The van der Waals surface area contributed by atoms with Crippen molar-refractivity contribution in [1.29, 1.82) is 0 Å². The van der Waals surface area contributed by atoms with Gasteiger partial charge in [-0.2, -0.15) is 0 Å². The van der Waals surface area contributed by atoms with Gasteiger partial charge in [0.25, 0.3) is 5.56 Å². The van der Waals surface area contributed by atoms with Crippen molar-refractivity contribution in [3.63, 3.8) is 0 Å². The van der Waals surface area contributed by atoms with Crippen LogP contribution < -0.4 is 11.3 Å². The Kier molecular flexibility index (Phi) is 6.37. The first-order valence-corrected chi connectivity index (χ1v) is 8.89. The maximum Gasteiger partial charge on any atom is 0.372 e. The van der Waals surface area contributed by atoms with Crippen LogP contribution in [0.25, 0.3) is 10.2 Å². The summed E-state index contributed by atoms with van der Waals surface area (Å²) in [6.45, 7) is 0.917. The molecule has 4 N–H and O–H groups in total. The average molecular weight is 372 g/mol. The highest BCUT2D eigenvalue weighted by Crippen LogP contribution is 2.34. The van der Waals surface area contributed by atoms with Gasteiger partial charge in [0.1, 0.15) is 4.83 Å². The molecule has 2 aliphatic carbocycles. The van der Waals surface area contributed by atoms with E-state index < -0.39 is 5.97 Å². The number of H-pyrrole nitrogens is 1. The maximum absolute atomic E-state index is 11.8. The van der Waals surface area contributed by atoms with Gasteiger partial charge in [0.15, 0.2) is 0 Å². The standard InChI is InChI=1S/C10H8N2O3S.C6H13N.ClH/c13-8-6-4-2-1-3-5(4)16-9(6)12-7(11-8)10(14)15;7-5-6-3-1-2-4-6;/h1-3H2,(H,14,15)(H,11,12,13);6H,1-5,7H2;1H. The molecule has 0 amide bonds. The van der Waals surface area contributed by atoms with Crippen LogP contribution in [-0.2, 0) is 12.8 Å². The Hall–Kier alpha value is -1.44. The lowest BCUT2D eigenvalue weighted by molar-refractivity contribution is 0.0683. The number of aromatic carboxylic acids is 1. The molecule has 0 bridgehead atoms. The minimum Gasteiger partial charge on any atom is -0.475 e. The fraction of sp³-hybridized carbons (Fsp3) is 0.562. The van der Waals surface area contributed by atoms with Crippen LogP contribution in [0.5, 0.6) is 0 Å². The van der Waals surface area contributed by atoms with E-state index in [-0.39, 0.29) is 23.8 Å². The van der Waals surface area contributed by atoms with Gasteiger partial charge in [-0.1, -0.05) is 12.8 Å². The molecule has 6 nitrogen and oxygen atoms in total. The largest absolute Gasteiger partial charge is 0.475 e. The van der Waals surface area contributed by atoms with E-state index in [1.54, 1.807) is 0 Å². The van der Waals surface area contributed by atoms with E-state index in [0.717, 1.165) is 37.3 Å². The summed E-state index contributed by atoms with van der Waals surface area (Å²) < 4.78 is 0. The molecule has 1 fully saturated rings. The fourth-order valence-electron chi connectivity index (χ4n) is 3.35. The van der Waals surface area contributed by atoms with Crippen molar-refractivity contribution < 1.29 is 9.90 Å². The third kappa shape index (κ3) is 3.79. The number of nitrogens with zero attached hydrogens (tertiary/aromatic N) is 1. The fourth-order valence-corrected chi connectivity index (χ4v) is 4.61.